The summed E-state index contributed by atoms with van der Waals surface area (Å²) in [5.74, 6) is -0.916. The first-order valence-corrected chi connectivity index (χ1v) is 9.70. The largest absolute Gasteiger partial charge is 0.368 e. The quantitative estimate of drug-likeness (QED) is 0.715. The first kappa shape index (κ1) is 19.3. The Balaban J connectivity index is 1.87. The Labute approximate surface area is 174 Å². The number of nitriles is 1. The fourth-order valence-corrected chi connectivity index (χ4v) is 4.11. The van der Waals surface area contributed by atoms with Crippen molar-refractivity contribution in [1.82, 2.24) is 9.88 Å². The molecule has 1 unspecified atom stereocenters. The minimum Gasteiger partial charge on any atom is -0.368 e. The highest BCUT2D eigenvalue weighted by Gasteiger charge is 2.39. The van der Waals surface area contributed by atoms with Crippen molar-refractivity contribution in [3.63, 3.8) is 0 Å². The predicted octanol–water partition coefficient (Wildman–Crippen LogP) is 3.31. The minimum absolute atomic E-state index is 0.288. The summed E-state index contributed by atoms with van der Waals surface area (Å²) in [5, 5.41) is 9.34. The second-order valence-electron chi connectivity index (χ2n) is 7.25. The van der Waals surface area contributed by atoms with E-state index < -0.39 is 11.9 Å². The Hall–Kier alpha value is -3.98. The lowest BCUT2D eigenvalue weighted by molar-refractivity contribution is -0.123. The van der Waals surface area contributed by atoms with Crippen molar-refractivity contribution in [1.29, 1.82) is 5.26 Å². The first-order chi connectivity index (χ1) is 14.6. The molecule has 30 heavy (non-hydrogen) atoms. The molecule has 0 saturated heterocycles. The summed E-state index contributed by atoms with van der Waals surface area (Å²) in [7, 11) is 0. The van der Waals surface area contributed by atoms with Gasteiger partial charge in [0.15, 0.2) is 0 Å². The van der Waals surface area contributed by atoms with Gasteiger partial charge in [0, 0.05) is 23.5 Å². The van der Waals surface area contributed by atoms with Crippen LogP contribution in [0.2, 0.25) is 0 Å². The van der Waals surface area contributed by atoms with Crippen LogP contribution in [-0.4, -0.2) is 21.7 Å². The number of hydrogen-bond donors (Lipinski definition) is 1. The third kappa shape index (κ3) is 3.53. The van der Waals surface area contributed by atoms with Crippen LogP contribution in [0.3, 0.4) is 0 Å². The van der Waals surface area contributed by atoms with Crippen LogP contribution < -0.4 is 5.73 Å². The first-order valence-electron chi connectivity index (χ1n) is 9.70. The van der Waals surface area contributed by atoms with E-state index in [1.165, 1.54) is 0 Å². The van der Waals surface area contributed by atoms with Gasteiger partial charge < -0.3 is 10.6 Å². The van der Waals surface area contributed by atoms with E-state index in [0.29, 0.717) is 23.1 Å². The van der Waals surface area contributed by atoms with Gasteiger partial charge in [-0.1, -0.05) is 30.3 Å². The molecule has 6 heteroatoms. The SMILES string of the molecule is N#Cc1ccc2c(c1)[C@H](N(C(=O)c1ccccc1)C(C(N)=O)c1cccnc1)CC2. The van der Waals surface area contributed by atoms with Gasteiger partial charge in [0.1, 0.15) is 6.04 Å². The van der Waals surface area contributed by atoms with Crippen LogP contribution in [-0.2, 0) is 11.2 Å². The maximum atomic E-state index is 13.6. The van der Waals surface area contributed by atoms with Gasteiger partial charge in [-0.25, -0.2) is 0 Å². The van der Waals surface area contributed by atoms with E-state index in [-0.39, 0.29) is 11.9 Å². The number of nitrogens with zero attached hydrogens (tertiary/aromatic N) is 3. The Bertz CT molecular complexity index is 1120. The lowest BCUT2D eigenvalue weighted by Gasteiger charge is -2.35. The molecular weight excluding hydrogens is 376 g/mol. The van der Waals surface area contributed by atoms with Crippen molar-refractivity contribution in [2.24, 2.45) is 5.73 Å². The fraction of sp³-hybridized carbons (Fsp3) is 0.167. The molecule has 2 N–H and O–H groups in total. The molecule has 2 atom stereocenters. The number of aromatic nitrogens is 1. The molecule has 6 nitrogen and oxygen atoms in total. The summed E-state index contributed by atoms with van der Waals surface area (Å²) in [4.78, 5) is 31.9. The fourth-order valence-electron chi connectivity index (χ4n) is 4.11. The van der Waals surface area contributed by atoms with Gasteiger partial charge in [-0.3, -0.25) is 14.6 Å². The van der Waals surface area contributed by atoms with Crippen LogP contribution in [0, 0.1) is 11.3 Å². The monoisotopic (exact) mass is 396 g/mol. The Morgan fingerprint density at radius 1 is 1.13 bits per heavy atom. The summed E-state index contributed by atoms with van der Waals surface area (Å²) in [6.07, 6.45) is 4.56. The number of aryl methyl sites for hydroxylation is 1. The lowest BCUT2D eigenvalue weighted by atomic mass is 9.98. The van der Waals surface area contributed by atoms with Crippen LogP contribution >= 0.6 is 0 Å². The highest BCUT2D eigenvalue weighted by molar-refractivity contribution is 5.98. The highest BCUT2D eigenvalue weighted by atomic mass is 16.2. The molecule has 0 saturated carbocycles. The molecule has 0 spiro atoms. The third-order valence-electron chi connectivity index (χ3n) is 5.46. The zero-order chi connectivity index (χ0) is 21.1. The summed E-state index contributed by atoms with van der Waals surface area (Å²) < 4.78 is 0. The summed E-state index contributed by atoms with van der Waals surface area (Å²) in [6.45, 7) is 0. The van der Waals surface area contributed by atoms with Crippen LogP contribution in [0.4, 0.5) is 0 Å². The second kappa shape index (κ2) is 8.18. The Kier molecular flexibility index (Phi) is 5.27. The second-order valence-corrected chi connectivity index (χ2v) is 7.25. The molecule has 1 aliphatic rings. The molecule has 148 valence electrons. The van der Waals surface area contributed by atoms with Crippen molar-refractivity contribution in [2.45, 2.75) is 24.9 Å². The lowest BCUT2D eigenvalue weighted by Crippen LogP contribution is -2.43. The molecule has 0 aliphatic heterocycles. The van der Waals surface area contributed by atoms with Crippen molar-refractivity contribution >= 4 is 11.8 Å². The zero-order valence-electron chi connectivity index (χ0n) is 16.2. The van der Waals surface area contributed by atoms with Gasteiger partial charge >= 0.3 is 0 Å². The van der Waals surface area contributed by atoms with E-state index in [9.17, 15) is 14.9 Å². The van der Waals surface area contributed by atoms with Gasteiger partial charge in [0.2, 0.25) is 5.91 Å². The topological polar surface area (TPSA) is 100 Å². The number of amides is 2. The van der Waals surface area contributed by atoms with Gasteiger partial charge in [-0.2, -0.15) is 5.26 Å². The number of benzene rings is 2. The minimum atomic E-state index is -0.979. The maximum absolute atomic E-state index is 13.6. The van der Waals surface area contributed by atoms with E-state index in [0.717, 1.165) is 17.5 Å². The summed E-state index contributed by atoms with van der Waals surface area (Å²) in [5.41, 5.74) is 9.31. The number of nitrogens with two attached hydrogens (primary N) is 1. The molecule has 0 radical (unpaired) electrons. The number of carbonyl (C=O) groups is 2. The molecule has 1 aromatic heterocycles. The average Bonchev–Trinajstić information content (AvgIpc) is 3.20. The third-order valence-corrected chi connectivity index (χ3v) is 5.46. The zero-order valence-corrected chi connectivity index (χ0v) is 16.2. The number of hydrogen-bond acceptors (Lipinski definition) is 4. The molecule has 4 rings (SSSR count). The number of rotatable bonds is 5. The van der Waals surface area contributed by atoms with Crippen molar-refractivity contribution in [3.8, 4) is 6.07 Å². The van der Waals surface area contributed by atoms with E-state index in [1.807, 2.05) is 12.1 Å². The smallest absolute Gasteiger partial charge is 0.255 e. The van der Waals surface area contributed by atoms with Gasteiger partial charge in [-0.15, -0.1) is 0 Å². The highest BCUT2D eigenvalue weighted by Crippen LogP contribution is 2.41. The number of pyridine rings is 1. The standard InChI is InChI=1S/C24H20N4O2/c25-14-16-8-9-17-10-11-21(20(17)13-16)28(24(30)18-5-2-1-3-6-18)22(23(26)29)19-7-4-12-27-15-19/h1-9,12-13,15,21-22H,10-11H2,(H2,26,29)/t21-,22?/m1/s1. The summed E-state index contributed by atoms with van der Waals surface area (Å²) in [6, 6.07) is 18.6. The predicted molar refractivity (Wildman–Crippen MR) is 111 cm³/mol. The molecule has 2 amide bonds. The number of primary amides is 1. The maximum Gasteiger partial charge on any atom is 0.255 e. The molecule has 0 bridgehead atoms. The Morgan fingerprint density at radius 2 is 1.93 bits per heavy atom. The van der Waals surface area contributed by atoms with Crippen LogP contribution in [0.5, 0.6) is 0 Å². The van der Waals surface area contributed by atoms with E-state index in [1.54, 1.807) is 65.8 Å². The molecule has 3 aromatic rings. The number of carbonyl (C=O) groups excluding carboxylic acids is 2. The van der Waals surface area contributed by atoms with Gasteiger partial charge in [0.05, 0.1) is 17.7 Å². The van der Waals surface area contributed by atoms with Crippen LogP contribution in [0.1, 0.15) is 51.1 Å². The van der Waals surface area contributed by atoms with Gasteiger partial charge in [0.25, 0.3) is 5.91 Å². The molecule has 1 aliphatic carbocycles. The molecule has 1 heterocycles. The van der Waals surface area contributed by atoms with Crippen molar-refractivity contribution in [2.75, 3.05) is 0 Å². The normalized spacial score (nSPS) is 15.6. The molecule has 0 fully saturated rings. The van der Waals surface area contributed by atoms with E-state index in [4.69, 9.17) is 5.73 Å². The van der Waals surface area contributed by atoms with Crippen molar-refractivity contribution < 1.29 is 9.59 Å². The molecule has 2 aromatic carbocycles. The van der Waals surface area contributed by atoms with Crippen LogP contribution in [0.15, 0.2) is 73.1 Å². The van der Waals surface area contributed by atoms with Crippen molar-refractivity contribution in [3.05, 3.63) is 101 Å². The van der Waals surface area contributed by atoms with E-state index >= 15 is 0 Å². The average molecular weight is 396 g/mol. The summed E-state index contributed by atoms with van der Waals surface area (Å²) >= 11 is 0. The molecular formula is C24H20N4O2. The number of fused-ring (bicyclic) bond motifs is 1. The van der Waals surface area contributed by atoms with E-state index in [2.05, 4.69) is 11.1 Å². The Morgan fingerprint density at radius 3 is 2.60 bits per heavy atom. The van der Waals surface area contributed by atoms with Crippen LogP contribution in [0.25, 0.3) is 0 Å². The van der Waals surface area contributed by atoms with Gasteiger partial charge in [-0.05, 0) is 54.3 Å².